The van der Waals surface area contributed by atoms with Crippen LogP contribution in [0.2, 0.25) is 0 Å². The van der Waals surface area contributed by atoms with Crippen molar-refractivity contribution >= 4 is 23.7 Å². The van der Waals surface area contributed by atoms with Crippen LogP contribution in [0.5, 0.6) is 0 Å². The molecule has 0 saturated carbocycles. The van der Waals surface area contributed by atoms with E-state index in [1.54, 1.807) is 11.8 Å². The number of hydrogen-bond acceptors (Lipinski definition) is 6. The number of benzene rings is 1. The van der Waals surface area contributed by atoms with E-state index in [1.165, 1.54) is 14.0 Å². The fourth-order valence-electron chi connectivity index (χ4n) is 3.22. The third-order valence-electron chi connectivity index (χ3n) is 4.28. The summed E-state index contributed by atoms with van der Waals surface area (Å²) in [5.41, 5.74) is -0.0569. The molecule has 0 N–H and O–H groups in total. The monoisotopic (exact) mass is 348 g/mol. The molecular weight excluding hydrogens is 328 g/mol. The molecule has 2 atom stereocenters. The first-order valence-electron chi connectivity index (χ1n) is 7.88. The van der Waals surface area contributed by atoms with Crippen molar-refractivity contribution in [2.75, 3.05) is 12.9 Å². The molecule has 2 heterocycles. The van der Waals surface area contributed by atoms with Crippen LogP contribution in [0, 0.1) is 0 Å². The van der Waals surface area contributed by atoms with Crippen molar-refractivity contribution in [1.82, 2.24) is 0 Å². The zero-order chi connectivity index (χ0) is 17.2. The van der Waals surface area contributed by atoms with E-state index in [4.69, 9.17) is 14.2 Å². The Hall–Kier alpha value is -1.79. The van der Waals surface area contributed by atoms with E-state index in [0.717, 1.165) is 23.5 Å². The van der Waals surface area contributed by atoms with Gasteiger partial charge < -0.3 is 14.2 Å². The van der Waals surface area contributed by atoms with E-state index in [1.807, 2.05) is 18.2 Å². The molecular formula is C18H20O5S. The molecule has 1 aromatic rings. The van der Waals surface area contributed by atoms with Crippen molar-refractivity contribution in [1.29, 1.82) is 0 Å². The Kier molecular flexibility index (Phi) is 4.96. The summed E-state index contributed by atoms with van der Waals surface area (Å²) in [6.45, 7) is 1.34. The molecule has 5 nitrogen and oxygen atoms in total. The standard InChI is InChI=1S/C18H20O5S/c1-12(19)22-15-10-18(11-24-13-6-4-3-5-7-13)9-8-14(23-18)16(15)17(20)21-2/h3-7,14H,8-11H2,1-2H3/t14-,18+/m1/s1. The van der Waals surface area contributed by atoms with Gasteiger partial charge in [-0.3, -0.25) is 4.79 Å². The molecule has 6 heteroatoms. The predicted octanol–water partition coefficient (Wildman–Crippen LogP) is 3.09. The van der Waals surface area contributed by atoms with Gasteiger partial charge in [-0.05, 0) is 25.0 Å². The quantitative estimate of drug-likeness (QED) is 0.602. The molecule has 0 spiro atoms. The molecule has 0 amide bonds. The maximum atomic E-state index is 12.1. The molecule has 0 aromatic heterocycles. The van der Waals surface area contributed by atoms with Crippen LogP contribution >= 0.6 is 11.8 Å². The Labute approximate surface area is 145 Å². The second kappa shape index (κ2) is 6.99. The fourth-order valence-corrected chi connectivity index (χ4v) is 4.32. The van der Waals surface area contributed by atoms with Crippen molar-refractivity contribution < 1.29 is 23.8 Å². The lowest BCUT2D eigenvalue weighted by atomic mass is 9.97. The first kappa shape index (κ1) is 17.0. The zero-order valence-corrected chi connectivity index (χ0v) is 14.6. The molecule has 3 rings (SSSR count). The van der Waals surface area contributed by atoms with Crippen LogP contribution in [-0.4, -0.2) is 36.5 Å². The van der Waals surface area contributed by atoms with Gasteiger partial charge >= 0.3 is 11.9 Å². The maximum absolute atomic E-state index is 12.1. The minimum Gasteiger partial charge on any atom is -0.465 e. The number of carbonyl (C=O) groups excluding carboxylic acids is 2. The van der Waals surface area contributed by atoms with Crippen molar-refractivity contribution in [3.05, 3.63) is 41.7 Å². The van der Waals surface area contributed by atoms with E-state index in [0.29, 0.717) is 17.8 Å². The van der Waals surface area contributed by atoms with Crippen LogP contribution in [0.25, 0.3) is 0 Å². The normalized spacial score (nSPS) is 25.5. The summed E-state index contributed by atoms with van der Waals surface area (Å²) >= 11 is 1.71. The summed E-state index contributed by atoms with van der Waals surface area (Å²) in [4.78, 5) is 24.7. The summed E-state index contributed by atoms with van der Waals surface area (Å²) in [7, 11) is 1.32. The van der Waals surface area contributed by atoms with Gasteiger partial charge in [0.05, 0.1) is 18.8 Å². The molecule has 2 aliphatic heterocycles. The molecule has 2 bridgehead atoms. The number of ether oxygens (including phenoxy) is 3. The summed E-state index contributed by atoms with van der Waals surface area (Å²) in [5, 5.41) is 0. The van der Waals surface area contributed by atoms with E-state index >= 15 is 0 Å². The summed E-state index contributed by atoms with van der Waals surface area (Å²) < 4.78 is 16.4. The highest BCUT2D eigenvalue weighted by atomic mass is 32.2. The number of thioether (sulfide) groups is 1. The molecule has 128 valence electrons. The SMILES string of the molecule is COC(=O)C1=C(OC(C)=O)C[C@]2(CSc3ccccc3)CC[C@H]1O2. The van der Waals surface area contributed by atoms with Crippen LogP contribution in [0.3, 0.4) is 0 Å². The van der Waals surface area contributed by atoms with Crippen molar-refractivity contribution in [3.8, 4) is 0 Å². The second-order valence-corrected chi connectivity index (χ2v) is 7.08. The molecule has 0 unspecified atom stereocenters. The Bertz CT molecular complexity index is 669. The molecule has 2 aliphatic rings. The average molecular weight is 348 g/mol. The highest BCUT2D eigenvalue weighted by Gasteiger charge is 2.50. The molecule has 1 saturated heterocycles. The summed E-state index contributed by atoms with van der Waals surface area (Å²) in [6, 6.07) is 10.1. The Morgan fingerprint density at radius 2 is 2.08 bits per heavy atom. The first-order chi connectivity index (χ1) is 11.5. The highest BCUT2D eigenvalue weighted by molar-refractivity contribution is 7.99. The zero-order valence-electron chi connectivity index (χ0n) is 13.7. The number of esters is 2. The highest BCUT2D eigenvalue weighted by Crippen LogP contribution is 2.47. The van der Waals surface area contributed by atoms with E-state index in [-0.39, 0.29) is 6.10 Å². The van der Waals surface area contributed by atoms with Crippen molar-refractivity contribution in [2.45, 2.75) is 42.8 Å². The number of fused-ring (bicyclic) bond motifs is 2. The van der Waals surface area contributed by atoms with Crippen LogP contribution in [-0.2, 0) is 23.8 Å². The van der Waals surface area contributed by atoms with Gasteiger partial charge in [0.15, 0.2) is 0 Å². The number of rotatable bonds is 5. The van der Waals surface area contributed by atoms with Crippen molar-refractivity contribution in [2.24, 2.45) is 0 Å². The molecule has 0 radical (unpaired) electrons. The van der Waals surface area contributed by atoms with Gasteiger partial charge in [-0.25, -0.2) is 4.79 Å². The maximum Gasteiger partial charge on any atom is 0.339 e. The Balaban J connectivity index is 1.81. The van der Waals surface area contributed by atoms with E-state index in [9.17, 15) is 9.59 Å². The summed E-state index contributed by atoms with van der Waals surface area (Å²) in [6.07, 6.45) is 1.60. The summed E-state index contributed by atoms with van der Waals surface area (Å²) in [5.74, 6) is 0.227. The van der Waals surface area contributed by atoms with Crippen LogP contribution in [0.15, 0.2) is 46.6 Å². The number of methoxy groups -OCH3 is 1. The van der Waals surface area contributed by atoms with E-state index < -0.39 is 17.5 Å². The average Bonchev–Trinajstić information content (AvgIpc) is 2.91. The van der Waals surface area contributed by atoms with Gasteiger partial charge in [0.1, 0.15) is 11.3 Å². The second-order valence-electron chi connectivity index (χ2n) is 6.03. The molecule has 1 aromatic carbocycles. The lowest BCUT2D eigenvalue weighted by molar-refractivity contribution is -0.143. The van der Waals surface area contributed by atoms with Gasteiger partial charge in [0.25, 0.3) is 0 Å². The minimum absolute atomic E-state index is 0.352. The van der Waals surface area contributed by atoms with Gasteiger partial charge in [-0.15, -0.1) is 11.8 Å². The van der Waals surface area contributed by atoms with Crippen LogP contribution in [0.1, 0.15) is 26.2 Å². The third kappa shape index (κ3) is 3.49. The fraction of sp³-hybridized carbons (Fsp3) is 0.444. The largest absolute Gasteiger partial charge is 0.465 e. The van der Waals surface area contributed by atoms with Gasteiger partial charge in [0.2, 0.25) is 0 Å². The Morgan fingerprint density at radius 1 is 1.33 bits per heavy atom. The molecule has 24 heavy (non-hydrogen) atoms. The van der Waals surface area contributed by atoms with Crippen molar-refractivity contribution in [3.63, 3.8) is 0 Å². The first-order valence-corrected chi connectivity index (χ1v) is 8.87. The van der Waals surface area contributed by atoms with Gasteiger partial charge in [-0.1, -0.05) is 18.2 Å². The molecule has 1 fully saturated rings. The lowest BCUT2D eigenvalue weighted by Gasteiger charge is -2.34. The van der Waals surface area contributed by atoms with Gasteiger partial charge in [-0.2, -0.15) is 0 Å². The topological polar surface area (TPSA) is 61.8 Å². The van der Waals surface area contributed by atoms with Crippen LogP contribution in [0.4, 0.5) is 0 Å². The van der Waals surface area contributed by atoms with Crippen LogP contribution < -0.4 is 0 Å². The minimum atomic E-state index is -0.484. The van der Waals surface area contributed by atoms with Gasteiger partial charge in [0, 0.05) is 24.0 Å². The lowest BCUT2D eigenvalue weighted by Crippen LogP contribution is -2.39. The smallest absolute Gasteiger partial charge is 0.339 e. The Morgan fingerprint density at radius 3 is 2.75 bits per heavy atom. The third-order valence-corrected chi connectivity index (χ3v) is 5.55. The number of carbonyl (C=O) groups is 2. The van der Waals surface area contributed by atoms with E-state index in [2.05, 4.69) is 12.1 Å². The number of hydrogen-bond donors (Lipinski definition) is 0. The predicted molar refractivity (Wildman–Crippen MR) is 89.4 cm³/mol. The molecule has 0 aliphatic carbocycles.